The van der Waals surface area contributed by atoms with E-state index in [2.05, 4.69) is 21.9 Å². The average molecular weight is 275 g/mol. The van der Waals surface area contributed by atoms with Gasteiger partial charge >= 0.3 is 0 Å². The van der Waals surface area contributed by atoms with Gasteiger partial charge in [0.15, 0.2) is 0 Å². The summed E-state index contributed by atoms with van der Waals surface area (Å²) in [5.41, 5.74) is 7.52. The number of hydrogen-bond acceptors (Lipinski definition) is 4. The Kier molecular flexibility index (Phi) is 4.24. The fourth-order valence-electron chi connectivity index (χ4n) is 2.99. The second-order valence-corrected chi connectivity index (χ2v) is 5.95. The molecule has 110 valence electrons. The monoisotopic (exact) mass is 275 g/mol. The van der Waals surface area contributed by atoms with Crippen molar-refractivity contribution in [2.45, 2.75) is 24.9 Å². The smallest absolute Gasteiger partial charge is 0.118 e. The third-order valence-corrected chi connectivity index (χ3v) is 4.47. The van der Waals surface area contributed by atoms with Gasteiger partial charge < -0.3 is 10.5 Å². The van der Waals surface area contributed by atoms with E-state index >= 15 is 0 Å². The molecule has 1 saturated carbocycles. The van der Waals surface area contributed by atoms with Crippen LogP contribution in [0.5, 0.6) is 5.75 Å². The maximum absolute atomic E-state index is 6.33. The summed E-state index contributed by atoms with van der Waals surface area (Å²) < 4.78 is 5.18. The molecule has 2 fully saturated rings. The van der Waals surface area contributed by atoms with Crippen molar-refractivity contribution < 1.29 is 4.74 Å². The summed E-state index contributed by atoms with van der Waals surface area (Å²) in [6, 6.07) is 9.11. The number of benzene rings is 1. The van der Waals surface area contributed by atoms with Crippen LogP contribution in [0.25, 0.3) is 0 Å². The largest absolute Gasteiger partial charge is 0.497 e. The minimum atomic E-state index is 0.0911. The molecule has 0 radical (unpaired) electrons. The lowest BCUT2D eigenvalue weighted by atomic mass is 10.1. The lowest BCUT2D eigenvalue weighted by Crippen LogP contribution is -2.48. The highest BCUT2D eigenvalue weighted by atomic mass is 16.5. The van der Waals surface area contributed by atoms with Gasteiger partial charge in [0.2, 0.25) is 0 Å². The van der Waals surface area contributed by atoms with E-state index in [0.717, 1.165) is 31.4 Å². The molecule has 1 aliphatic carbocycles. The first kappa shape index (κ1) is 13.9. The van der Waals surface area contributed by atoms with Gasteiger partial charge in [0.1, 0.15) is 5.75 Å². The van der Waals surface area contributed by atoms with E-state index in [9.17, 15) is 0 Å². The Hall–Kier alpha value is -1.10. The number of hydrogen-bond donors (Lipinski definition) is 1. The molecular weight excluding hydrogens is 250 g/mol. The molecule has 2 aliphatic rings. The number of nitrogens with two attached hydrogens (primary N) is 1. The Morgan fingerprint density at radius 2 is 1.80 bits per heavy atom. The van der Waals surface area contributed by atoms with Crippen molar-refractivity contribution in [2.24, 2.45) is 5.73 Å². The van der Waals surface area contributed by atoms with Crippen molar-refractivity contribution in [1.82, 2.24) is 9.80 Å². The van der Waals surface area contributed by atoms with Crippen LogP contribution in [0.1, 0.15) is 24.4 Å². The number of methoxy groups -OCH3 is 1. The van der Waals surface area contributed by atoms with E-state index in [-0.39, 0.29) is 6.04 Å². The highest BCUT2D eigenvalue weighted by Crippen LogP contribution is 2.27. The zero-order valence-corrected chi connectivity index (χ0v) is 12.3. The zero-order chi connectivity index (χ0) is 13.9. The third kappa shape index (κ3) is 3.32. The lowest BCUT2D eigenvalue weighted by Gasteiger charge is -2.36. The first-order valence-electron chi connectivity index (χ1n) is 7.62. The summed E-state index contributed by atoms with van der Waals surface area (Å²) in [5, 5.41) is 0. The van der Waals surface area contributed by atoms with E-state index in [1.54, 1.807) is 7.11 Å². The third-order valence-electron chi connectivity index (χ3n) is 4.47. The first-order valence-corrected chi connectivity index (χ1v) is 7.62. The quantitative estimate of drug-likeness (QED) is 0.884. The van der Waals surface area contributed by atoms with Crippen LogP contribution in [0.15, 0.2) is 24.3 Å². The predicted molar refractivity (Wildman–Crippen MR) is 81.0 cm³/mol. The molecule has 0 aromatic heterocycles. The van der Waals surface area contributed by atoms with Crippen LogP contribution in [0.4, 0.5) is 0 Å². The molecule has 1 atom stereocenters. The lowest BCUT2D eigenvalue weighted by molar-refractivity contribution is 0.121. The Bertz CT molecular complexity index is 422. The molecule has 0 bridgehead atoms. The fraction of sp³-hybridized carbons (Fsp3) is 0.625. The van der Waals surface area contributed by atoms with Gasteiger partial charge in [-0.15, -0.1) is 0 Å². The zero-order valence-electron chi connectivity index (χ0n) is 12.3. The predicted octanol–water partition coefficient (Wildman–Crippen LogP) is 1.47. The molecule has 4 nitrogen and oxygen atoms in total. The summed E-state index contributed by atoms with van der Waals surface area (Å²) in [6.07, 6.45) is 2.82. The Balaban J connectivity index is 1.49. The molecule has 3 rings (SSSR count). The standard InChI is InChI=1S/C16H25N3O/c1-20-15-6-2-13(3-7-15)16(17)12-18-8-10-19(11-9-18)14-4-5-14/h2-3,6-7,14,16H,4-5,8-12,17H2,1H3. The minimum Gasteiger partial charge on any atom is -0.497 e. The highest BCUT2D eigenvalue weighted by Gasteiger charge is 2.31. The topological polar surface area (TPSA) is 41.7 Å². The van der Waals surface area contributed by atoms with Crippen LogP contribution in [0.3, 0.4) is 0 Å². The van der Waals surface area contributed by atoms with Crippen LogP contribution in [-0.4, -0.2) is 55.7 Å². The molecule has 1 unspecified atom stereocenters. The van der Waals surface area contributed by atoms with Crippen molar-refractivity contribution in [3.63, 3.8) is 0 Å². The van der Waals surface area contributed by atoms with Crippen LogP contribution < -0.4 is 10.5 Å². The normalized spacial score (nSPS) is 22.7. The van der Waals surface area contributed by atoms with E-state index in [4.69, 9.17) is 10.5 Å². The van der Waals surface area contributed by atoms with Gasteiger partial charge in [0, 0.05) is 44.8 Å². The SMILES string of the molecule is COc1ccc(C(N)CN2CCN(C3CC3)CC2)cc1. The highest BCUT2D eigenvalue weighted by molar-refractivity contribution is 5.29. The molecule has 1 aromatic rings. The molecule has 0 spiro atoms. The molecular formula is C16H25N3O. The van der Waals surface area contributed by atoms with E-state index < -0.39 is 0 Å². The number of ether oxygens (including phenoxy) is 1. The molecule has 1 aromatic carbocycles. The van der Waals surface area contributed by atoms with E-state index in [0.29, 0.717) is 0 Å². The second kappa shape index (κ2) is 6.12. The van der Waals surface area contributed by atoms with Gasteiger partial charge in [-0.2, -0.15) is 0 Å². The van der Waals surface area contributed by atoms with Crippen molar-refractivity contribution in [3.8, 4) is 5.75 Å². The van der Waals surface area contributed by atoms with Gasteiger partial charge in [0.05, 0.1) is 7.11 Å². The summed E-state index contributed by atoms with van der Waals surface area (Å²) in [7, 11) is 1.69. The van der Waals surface area contributed by atoms with Crippen LogP contribution >= 0.6 is 0 Å². The van der Waals surface area contributed by atoms with Crippen LogP contribution in [-0.2, 0) is 0 Å². The maximum atomic E-state index is 6.33. The fourth-order valence-corrected chi connectivity index (χ4v) is 2.99. The number of nitrogens with zero attached hydrogens (tertiary/aromatic N) is 2. The number of rotatable bonds is 5. The molecule has 0 amide bonds. The number of piperazine rings is 1. The molecule has 20 heavy (non-hydrogen) atoms. The second-order valence-electron chi connectivity index (χ2n) is 5.95. The molecule has 1 heterocycles. The van der Waals surface area contributed by atoms with Gasteiger partial charge in [-0.1, -0.05) is 12.1 Å². The maximum Gasteiger partial charge on any atom is 0.118 e. The van der Waals surface area contributed by atoms with Crippen LogP contribution in [0.2, 0.25) is 0 Å². The summed E-state index contributed by atoms with van der Waals surface area (Å²) in [4.78, 5) is 5.13. The van der Waals surface area contributed by atoms with Gasteiger partial charge in [0.25, 0.3) is 0 Å². The van der Waals surface area contributed by atoms with Gasteiger partial charge in [-0.05, 0) is 30.5 Å². The average Bonchev–Trinajstić information content (AvgIpc) is 3.33. The van der Waals surface area contributed by atoms with Crippen molar-refractivity contribution in [2.75, 3.05) is 39.8 Å². The summed E-state index contributed by atoms with van der Waals surface area (Å²) in [6.45, 7) is 5.67. The van der Waals surface area contributed by atoms with E-state index in [1.165, 1.54) is 31.5 Å². The van der Waals surface area contributed by atoms with Crippen molar-refractivity contribution >= 4 is 0 Å². The van der Waals surface area contributed by atoms with Crippen LogP contribution in [0, 0.1) is 0 Å². The molecule has 4 heteroatoms. The Labute approximate surface area is 121 Å². The minimum absolute atomic E-state index is 0.0911. The van der Waals surface area contributed by atoms with E-state index in [1.807, 2.05) is 12.1 Å². The Morgan fingerprint density at radius 1 is 1.15 bits per heavy atom. The van der Waals surface area contributed by atoms with Gasteiger partial charge in [-0.3, -0.25) is 9.80 Å². The van der Waals surface area contributed by atoms with Gasteiger partial charge in [-0.25, -0.2) is 0 Å². The summed E-state index contributed by atoms with van der Waals surface area (Å²) >= 11 is 0. The first-order chi connectivity index (χ1) is 9.76. The van der Waals surface area contributed by atoms with Crippen molar-refractivity contribution in [3.05, 3.63) is 29.8 Å². The molecule has 1 saturated heterocycles. The molecule has 2 N–H and O–H groups in total. The Morgan fingerprint density at radius 3 is 2.35 bits per heavy atom. The molecule has 1 aliphatic heterocycles. The van der Waals surface area contributed by atoms with Crippen molar-refractivity contribution in [1.29, 1.82) is 0 Å². The summed E-state index contributed by atoms with van der Waals surface area (Å²) in [5.74, 6) is 0.888.